The normalized spacial score (nSPS) is 13.1. The Balaban J connectivity index is 1.99. The summed E-state index contributed by atoms with van der Waals surface area (Å²) in [5, 5.41) is 12.3. The highest BCUT2D eigenvalue weighted by atomic mass is 35.5. The van der Waals surface area contributed by atoms with Crippen LogP contribution in [-0.2, 0) is 0 Å². The fourth-order valence-electron chi connectivity index (χ4n) is 3.21. The zero-order valence-corrected chi connectivity index (χ0v) is 17.3. The number of rotatable bonds is 6. The molecule has 0 spiro atoms. The van der Waals surface area contributed by atoms with Gasteiger partial charge in [0.15, 0.2) is 5.65 Å². The molecule has 6 nitrogen and oxygen atoms in total. The van der Waals surface area contributed by atoms with Crippen molar-refractivity contribution in [3.8, 4) is 11.4 Å². The Bertz CT molecular complexity index is 914. The minimum absolute atomic E-state index is 0.140. The van der Waals surface area contributed by atoms with E-state index in [9.17, 15) is 0 Å². The molecule has 0 amide bonds. The van der Waals surface area contributed by atoms with Gasteiger partial charge < -0.3 is 10.2 Å². The first-order valence-corrected chi connectivity index (χ1v) is 9.61. The Morgan fingerprint density at radius 1 is 1.22 bits per heavy atom. The Morgan fingerprint density at radius 2 is 2.00 bits per heavy atom. The maximum Gasteiger partial charge on any atom is 0.155 e. The highest BCUT2D eigenvalue weighted by Gasteiger charge is 2.26. The first-order valence-electron chi connectivity index (χ1n) is 9.23. The molecule has 0 saturated heterocycles. The van der Waals surface area contributed by atoms with E-state index in [1.807, 2.05) is 31.3 Å². The van der Waals surface area contributed by atoms with E-state index in [0.717, 1.165) is 35.6 Å². The van der Waals surface area contributed by atoms with Crippen molar-refractivity contribution in [2.45, 2.75) is 33.7 Å². The summed E-state index contributed by atoms with van der Waals surface area (Å²) in [5.74, 6) is 0.890. The predicted octanol–water partition coefficient (Wildman–Crippen LogP) is 4.13. The molecule has 3 rings (SSSR count). The van der Waals surface area contributed by atoms with Crippen molar-refractivity contribution < 1.29 is 0 Å². The summed E-state index contributed by atoms with van der Waals surface area (Å²) in [5.41, 5.74) is 2.26. The number of aromatic nitrogens is 4. The zero-order chi connectivity index (χ0) is 19.6. The van der Waals surface area contributed by atoms with Crippen molar-refractivity contribution in [1.29, 1.82) is 0 Å². The fourth-order valence-corrected chi connectivity index (χ4v) is 3.41. The van der Waals surface area contributed by atoms with E-state index in [1.165, 1.54) is 0 Å². The van der Waals surface area contributed by atoms with E-state index < -0.39 is 0 Å². The second kappa shape index (κ2) is 7.82. The average molecular weight is 387 g/mol. The van der Waals surface area contributed by atoms with Crippen LogP contribution in [0, 0.1) is 5.41 Å². The maximum atomic E-state index is 6.47. The van der Waals surface area contributed by atoms with Crippen LogP contribution in [-0.4, -0.2) is 46.3 Å². The van der Waals surface area contributed by atoms with Gasteiger partial charge in [0.2, 0.25) is 0 Å². The Hall–Kier alpha value is -2.18. The van der Waals surface area contributed by atoms with Crippen molar-refractivity contribution in [3.05, 3.63) is 35.5 Å². The molecule has 3 aromatic heterocycles. The topological polar surface area (TPSA) is 69.7 Å². The van der Waals surface area contributed by atoms with Crippen molar-refractivity contribution in [2.24, 2.45) is 5.41 Å². The number of anilines is 1. The largest absolute Gasteiger partial charge is 0.355 e. The van der Waals surface area contributed by atoms with Gasteiger partial charge in [0.05, 0.1) is 5.02 Å². The third-order valence-corrected chi connectivity index (χ3v) is 5.20. The van der Waals surface area contributed by atoms with Crippen LogP contribution in [0.15, 0.2) is 30.5 Å². The molecule has 2 N–H and O–H groups in total. The van der Waals surface area contributed by atoms with Crippen LogP contribution in [0.3, 0.4) is 0 Å². The van der Waals surface area contributed by atoms with Gasteiger partial charge in [-0.15, -0.1) is 0 Å². The molecule has 3 aromatic rings. The van der Waals surface area contributed by atoms with E-state index in [2.05, 4.69) is 53.1 Å². The molecule has 144 valence electrons. The molecule has 0 radical (unpaired) electrons. The number of fused-ring (bicyclic) bond motifs is 1. The number of nitrogens with one attached hydrogen (secondary N) is 2. The monoisotopic (exact) mass is 386 g/mol. The molecule has 3 heterocycles. The number of pyridine rings is 2. The van der Waals surface area contributed by atoms with Gasteiger partial charge in [-0.1, -0.05) is 32.4 Å². The van der Waals surface area contributed by atoms with Crippen molar-refractivity contribution in [2.75, 3.05) is 25.0 Å². The predicted molar refractivity (Wildman–Crippen MR) is 112 cm³/mol. The third kappa shape index (κ3) is 4.06. The lowest BCUT2D eigenvalue weighted by Crippen LogP contribution is -2.47. The summed E-state index contributed by atoms with van der Waals surface area (Å²) in [6, 6.07) is 8.05. The Morgan fingerprint density at radius 3 is 2.67 bits per heavy atom. The molecule has 0 aliphatic carbocycles. The summed E-state index contributed by atoms with van der Waals surface area (Å²) in [7, 11) is 2.01. The molecular formula is C20H27ClN6. The highest BCUT2D eigenvalue weighted by molar-refractivity contribution is 6.33. The number of likely N-dealkylation sites (N-methyl/N-ethyl adjacent to an activating group) is 2. The SMILES string of the molecule is CCN(C[C@@H](NC)C(C)(C)C)c1ccc(Cl)c(-c2n[nH]c3ncccc23)n1. The Kier molecular flexibility index (Phi) is 5.67. The zero-order valence-electron chi connectivity index (χ0n) is 16.5. The average Bonchev–Trinajstić information content (AvgIpc) is 3.06. The van der Waals surface area contributed by atoms with Gasteiger partial charge in [0, 0.05) is 30.7 Å². The number of halogens is 1. The van der Waals surface area contributed by atoms with Gasteiger partial charge in [-0.3, -0.25) is 5.10 Å². The van der Waals surface area contributed by atoms with Crippen LogP contribution >= 0.6 is 11.6 Å². The van der Waals surface area contributed by atoms with Crippen LogP contribution in [0.5, 0.6) is 0 Å². The summed E-state index contributed by atoms with van der Waals surface area (Å²) < 4.78 is 0. The second-order valence-electron chi connectivity index (χ2n) is 7.72. The quantitative estimate of drug-likeness (QED) is 0.666. The van der Waals surface area contributed by atoms with Crippen molar-refractivity contribution >= 4 is 28.5 Å². The van der Waals surface area contributed by atoms with E-state index in [1.54, 1.807) is 6.20 Å². The van der Waals surface area contributed by atoms with Gasteiger partial charge in [-0.05, 0) is 43.7 Å². The minimum Gasteiger partial charge on any atom is -0.355 e. The fraction of sp³-hybridized carbons (Fsp3) is 0.450. The number of aromatic amines is 1. The van der Waals surface area contributed by atoms with Crippen LogP contribution in [0.2, 0.25) is 5.02 Å². The number of nitrogens with zero attached hydrogens (tertiary/aromatic N) is 4. The van der Waals surface area contributed by atoms with E-state index in [4.69, 9.17) is 16.6 Å². The maximum absolute atomic E-state index is 6.47. The van der Waals surface area contributed by atoms with Gasteiger partial charge in [-0.25, -0.2) is 9.97 Å². The van der Waals surface area contributed by atoms with Crippen LogP contribution < -0.4 is 10.2 Å². The van der Waals surface area contributed by atoms with Gasteiger partial charge >= 0.3 is 0 Å². The standard InChI is InChI=1S/C20H27ClN6/c1-6-27(12-15(22-5)20(2,3)4)16-10-9-14(21)18(24-16)17-13-8-7-11-23-19(13)26-25-17/h7-11,15,22H,6,12H2,1-5H3,(H,23,25,26)/t15-/m1/s1. The minimum atomic E-state index is 0.140. The number of H-pyrrole nitrogens is 1. The summed E-state index contributed by atoms with van der Waals surface area (Å²) in [6.07, 6.45) is 1.74. The third-order valence-electron chi connectivity index (χ3n) is 4.89. The molecule has 1 atom stereocenters. The number of hydrogen-bond donors (Lipinski definition) is 2. The van der Waals surface area contributed by atoms with Crippen molar-refractivity contribution in [1.82, 2.24) is 25.5 Å². The molecule has 7 heteroatoms. The first-order chi connectivity index (χ1) is 12.8. The molecule has 0 saturated carbocycles. The lowest BCUT2D eigenvalue weighted by molar-refractivity contribution is 0.283. The molecule has 0 aromatic carbocycles. The summed E-state index contributed by atoms with van der Waals surface area (Å²) >= 11 is 6.47. The molecule has 0 aliphatic heterocycles. The van der Waals surface area contributed by atoms with Crippen molar-refractivity contribution in [3.63, 3.8) is 0 Å². The summed E-state index contributed by atoms with van der Waals surface area (Å²) in [4.78, 5) is 11.4. The first kappa shape index (κ1) is 19.6. The number of hydrogen-bond acceptors (Lipinski definition) is 5. The second-order valence-corrected chi connectivity index (χ2v) is 8.12. The molecule has 0 fully saturated rings. The molecular weight excluding hydrogens is 360 g/mol. The van der Waals surface area contributed by atoms with E-state index >= 15 is 0 Å². The molecule has 0 unspecified atom stereocenters. The van der Waals surface area contributed by atoms with E-state index in [-0.39, 0.29) is 5.41 Å². The van der Waals surface area contributed by atoms with Gasteiger partial charge in [0.25, 0.3) is 0 Å². The molecule has 27 heavy (non-hydrogen) atoms. The van der Waals surface area contributed by atoms with Crippen LogP contribution in [0.25, 0.3) is 22.4 Å². The van der Waals surface area contributed by atoms with Gasteiger partial charge in [0.1, 0.15) is 17.2 Å². The lowest BCUT2D eigenvalue weighted by atomic mass is 9.86. The smallest absolute Gasteiger partial charge is 0.155 e. The van der Waals surface area contributed by atoms with Gasteiger partial charge in [-0.2, -0.15) is 5.10 Å². The highest BCUT2D eigenvalue weighted by Crippen LogP contribution is 2.32. The van der Waals surface area contributed by atoms with Crippen LogP contribution in [0.1, 0.15) is 27.7 Å². The molecule has 0 bridgehead atoms. The lowest BCUT2D eigenvalue weighted by Gasteiger charge is -2.35. The molecule has 0 aliphatic rings. The Labute approximate surface area is 165 Å². The van der Waals surface area contributed by atoms with E-state index in [0.29, 0.717) is 16.8 Å². The van der Waals surface area contributed by atoms with Crippen LogP contribution in [0.4, 0.5) is 5.82 Å². The summed E-state index contributed by atoms with van der Waals surface area (Å²) in [6.45, 7) is 10.6.